The van der Waals surface area contributed by atoms with E-state index in [4.69, 9.17) is 10.9 Å². The van der Waals surface area contributed by atoms with Crippen molar-refractivity contribution in [3.8, 4) is 23.7 Å². The number of rotatable bonds is 7. The fraction of sp³-hybridized carbons (Fsp3) is 0.481. The normalized spacial score (nSPS) is 16.8. The molecule has 42 heavy (non-hydrogen) atoms. The zero-order valence-electron chi connectivity index (χ0n) is 23.3. The summed E-state index contributed by atoms with van der Waals surface area (Å²) in [5.74, 6) is 3.11. The van der Waals surface area contributed by atoms with Gasteiger partial charge in [-0.25, -0.2) is 4.68 Å². The van der Waals surface area contributed by atoms with Crippen LogP contribution in [0.15, 0.2) is 35.0 Å². The van der Waals surface area contributed by atoms with Gasteiger partial charge in [0.15, 0.2) is 0 Å². The topological polar surface area (TPSA) is 177 Å². The maximum absolute atomic E-state index is 12.6. The standard InChI is InChI=1S/C27H34N10O5/c1-2-13-34-14-5-6-15-35(19-25(39)29-12-4-3-11-28-24(38)18-34)16-22-17-36(33-31-22)20-26-30-27(32-42-26)21-7-9-23(10-8-21)37(40)41/h1,7-10,17H,3-6,11-16,18-20H2,(H,28,38)(H,29,39). The van der Waals surface area contributed by atoms with Crippen LogP contribution in [0.5, 0.6) is 0 Å². The number of terminal acetylenes is 1. The minimum atomic E-state index is -0.473. The summed E-state index contributed by atoms with van der Waals surface area (Å²) in [7, 11) is 0. The van der Waals surface area contributed by atoms with Gasteiger partial charge in [0, 0.05) is 37.3 Å². The van der Waals surface area contributed by atoms with Crippen molar-refractivity contribution >= 4 is 17.5 Å². The third-order valence-corrected chi connectivity index (χ3v) is 6.57. The van der Waals surface area contributed by atoms with Crippen LogP contribution in [-0.4, -0.2) is 97.5 Å². The van der Waals surface area contributed by atoms with Gasteiger partial charge in [-0.05, 0) is 50.9 Å². The summed E-state index contributed by atoms with van der Waals surface area (Å²) in [6.45, 7) is 3.92. The average Bonchev–Trinajstić information content (AvgIpc) is 3.62. The van der Waals surface area contributed by atoms with Crippen LogP contribution in [0, 0.1) is 22.5 Å². The zero-order chi connectivity index (χ0) is 29.7. The molecule has 222 valence electrons. The number of benzene rings is 1. The SMILES string of the molecule is C#CCN1CCCCN(Cc2cn(Cc3nc(-c4ccc([N+](=O)[O-])cc4)no3)nn2)CC(=O)NCCCCNC(=O)C1. The van der Waals surface area contributed by atoms with Crippen LogP contribution in [-0.2, 0) is 22.7 Å². The highest BCUT2D eigenvalue weighted by molar-refractivity contribution is 5.78. The second kappa shape index (κ2) is 15.4. The largest absolute Gasteiger partial charge is 0.355 e. The lowest BCUT2D eigenvalue weighted by Crippen LogP contribution is -2.40. The van der Waals surface area contributed by atoms with Crippen molar-refractivity contribution in [1.29, 1.82) is 0 Å². The maximum Gasteiger partial charge on any atom is 0.269 e. The molecule has 1 saturated heterocycles. The first-order valence-corrected chi connectivity index (χ1v) is 13.8. The van der Waals surface area contributed by atoms with Crippen LogP contribution >= 0.6 is 0 Å². The Kier molecular flexibility index (Phi) is 11.1. The van der Waals surface area contributed by atoms with Crippen molar-refractivity contribution in [2.75, 3.05) is 45.8 Å². The quantitative estimate of drug-likeness (QED) is 0.230. The molecule has 4 rings (SSSR count). The number of carbonyl (C=O) groups excluding carboxylic acids is 2. The van der Waals surface area contributed by atoms with Gasteiger partial charge >= 0.3 is 0 Å². The van der Waals surface area contributed by atoms with Crippen LogP contribution in [0.1, 0.15) is 37.3 Å². The van der Waals surface area contributed by atoms with E-state index >= 15 is 0 Å². The third kappa shape index (κ3) is 9.46. The lowest BCUT2D eigenvalue weighted by molar-refractivity contribution is -0.384. The third-order valence-electron chi connectivity index (χ3n) is 6.57. The Morgan fingerprint density at radius 1 is 0.976 bits per heavy atom. The molecule has 0 atom stereocenters. The van der Waals surface area contributed by atoms with E-state index in [-0.39, 0.29) is 37.1 Å². The number of nitrogens with one attached hydrogen (secondary N) is 2. The molecule has 3 heterocycles. The fourth-order valence-corrected chi connectivity index (χ4v) is 4.48. The number of non-ortho nitro benzene ring substituents is 1. The lowest BCUT2D eigenvalue weighted by atomic mass is 10.2. The van der Waals surface area contributed by atoms with Crippen molar-refractivity contribution in [3.63, 3.8) is 0 Å². The highest BCUT2D eigenvalue weighted by Gasteiger charge is 2.17. The maximum atomic E-state index is 12.6. The number of nitro benzene ring substituents is 1. The molecule has 1 aliphatic heterocycles. The van der Waals surface area contributed by atoms with E-state index in [1.54, 1.807) is 23.0 Å². The first-order chi connectivity index (χ1) is 20.4. The van der Waals surface area contributed by atoms with E-state index in [1.807, 2.05) is 9.80 Å². The Morgan fingerprint density at radius 2 is 1.64 bits per heavy atom. The number of hydrogen-bond donors (Lipinski definition) is 2. The molecule has 15 nitrogen and oxygen atoms in total. The van der Waals surface area contributed by atoms with Gasteiger partial charge in [-0.2, -0.15) is 4.98 Å². The van der Waals surface area contributed by atoms with E-state index < -0.39 is 4.92 Å². The summed E-state index contributed by atoms with van der Waals surface area (Å²) in [5, 5.41) is 29.1. The summed E-state index contributed by atoms with van der Waals surface area (Å²) < 4.78 is 6.90. The molecule has 2 amide bonds. The molecule has 2 N–H and O–H groups in total. The summed E-state index contributed by atoms with van der Waals surface area (Å²) in [6, 6.07) is 5.88. The first-order valence-electron chi connectivity index (χ1n) is 13.8. The van der Waals surface area contributed by atoms with Gasteiger partial charge in [0.05, 0.1) is 36.4 Å². The molecule has 0 saturated carbocycles. The number of aromatic nitrogens is 5. The number of nitrogens with zero attached hydrogens (tertiary/aromatic N) is 8. The van der Waals surface area contributed by atoms with Gasteiger partial charge in [0.25, 0.3) is 5.69 Å². The van der Waals surface area contributed by atoms with Crippen LogP contribution in [0.4, 0.5) is 5.69 Å². The van der Waals surface area contributed by atoms with Gasteiger partial charge in [-0.1, -0.05) is 16.3 Å². The van der Waals surface area contributed by atoms with Crippen molar-refractivity contribution in [3.05, 3.63) is 52.2 Å². The van der Waals surface area contributed by atoms with E-state index in [1.165, 1.54) is 12.1 Å². The van der Waals surface area contributed by atoms with Crippen molar-refractivity contribution in [1.82, 2.24) is 45.6 Å². The Morgan fingerprint density at radius 3 is 2.31 bits per heavy atom. The van der Waals surface area contributed by atoms with E-state index in [2.05, 4.69) is 37.0 Å². The summed E-state index contributed by atoms with van der Waals surface area (Å²) in [5.41, 5.74) is 1.24. The van der Waals surface area contributed by atoms with E-state index in [9.17, 15) is 19.7 Å². The molecule has 3 aromatic rings. The number of carbonyl (C=O) groups is 2. The van der Waals surface area contributed by atoms with Crippen molar-refractivity contribution in [2.45, 2.75) is 38.8 Å². The van der Waals surface area contributed by atoms with Crippen molar-refractivity contribution < 1.29 is 19.0 Å². The molecule has 0 radical (unpaired) electrons. The van der Waals surface area contributed by atoms with Crippen LogP contribution in [0.2, 0.25) is 0 Å². The van der Waals surface area contributed by atoms with Crippen LogP contribution < -0.4 is 10.6 Å². The fourth-order valence-electron chi connectivity index (χ4n) is 4.48. The van der Waals surface area contributed by atoms with E-state index in [0.717, 1.165) is 25.7 Å². The molecule has 1 fully saturated rings. The predicted molar refractivity (Wildman–Crippen MR) is 151 cm³/mol. The molecule has 0 aliphatic carbocycles. The molecule has 0 bridgehead atoms. The van der Waals surface area contributed by atoms with Crippen molar-refractivity contribution in [2.24, 2.45) is 0 Å². The average molecular weight is 579 g/mol. The molecular weight excluding hydrogens is 544 g/mol. The van der Waals surface area contributed by atoms with Gasteiger partial charge in [-0.15, -0.1) is 11.5 Å². The molecule has 0 unspecified atom stereocenters. The number of amides is 2. The minimum absolute atomic E-state index is 0.0240. The first kappa shape index (κ1) is 30.3. The summed E-state index contributed by atoms with van der Waals surface area (Å²) >= 11 is 0. The molecule has 1 aromatic carbocycles. The molecule has 0 spiro atoms. The number of hydrogen-bond acceptors (Lipinski definition) is 11. The Labute approximate surface area is 242 Å². The Hall–Kier alpha value is -4.68. The molecule has 15 heteroatoms. The Bertz CT molecular complexity index is 1380. The minimum Gasteiger partial charge on any atom is -0.355 e. The zero-order valence-corrected chi connectivity index (χ0v) is 23.3. The number of nitro groups is 1. The second-order valence-electron chi connectivity index (χ2n) is 9.96. The lowest BCUT2D eigenvalue weighted by Gasteiger charge is -2.23. The smallest absolute Gasteiger partial charge is 0.269 e. The second-order valence-corrected chi connectivity index (χ2v) is 9.96. The van der Waals surface area contributed by atoms with Gasteiger partial charge in [0.1, 0.15) is 6.54 Å². The highest BCUT2D eigenvalue weighted by atomic mass is 16.6. The van der Waals surface area contributed by atoms with Crippen LogP contribution in [0.25, 0.3) is 11.4 Å². The predicted octanol–water partition coefficient (Wildman–Crippen LogP) is 0.828. The molecule has 2 aromatic heterocycles. The van der Waals surface area contributed by atoms with Gasteiger partial charge in [0.2, 0.25) is 23.5 Å². The summed E-state index contributed by atoms with van der Waals surface area (Å²) in [6.07, 6.45) is 10.4. The molecule has 1 aliphatic rings. The molecular formula is C27H34N10O5. The highest BCUT2D eigenvalue weighted by Crippen LogP contribution is 2.20. The monoisotopic (exact) mass is 578 g/mol. The van der Waals surface area contributed by atoms with E-state index in [0.29, 0.717) is 62.2 Å². The van der Waals surface area contributed by atoms with Crippen LogP contribution in [0.3, 0.4) is 0 Å². The van der Waals surface area contributed by atoms with Gasteiger partial charge < -0.3 is 15.2 Å². The Balaban J connectivity index is 1.35. The van der Waals surface area contributed by atoms with Gasteiger partial charge in [-0.3, -0.25) is 29.5 Å². The summed E-state index contributed by atoms with van der Waals surface area (Å²) in [4.78, 5) is 43.6.